The molecular weight excluding hydrogens is 240 g/mol. The molecule has 1 aromatic carbocycles. The third-order valence-corrected chi connectivity index (χ3v) is 2.85. The van der Waals surface area contributed by atoms with Crippen LogP contribution in [0.25, 0.3) is 10.9 Å². The van der Waals surface area contributed by atoms with Gasteiger partial charge in [-0.2, -0.15) is 0 Å². The topological polar surface area (TPSA) is 53.4 Å². The van der Waals surface area contributed by atoms with E-state index in [4.69, 9.17) is 0 Å². The highest BCUT2D eigenvalue weighted by molar-refractivity contribution is 6.05. The number of aromatic nitrogens is 1. The molecule has 0 unspecified atom stereocenters. The number of carbonyl (C=O) groups excluding carboxylic acids is 1. The van der Waals surface area contributed by atoms with Crippen LogP contribution < -0.4 is 0 Å². The first-order valence-electron chi connectivity index (χ1n) is 6.20. The van der Waals surface area contributed by atoms with Gasteiger partial charge in [-0.05, 0) is 26.0 Å². The van der Waals surface area contributed by atoms with Crippen LogP contribution in [0.3, 0.4) is 0 Å². The number of aliphatic hydroxyl groups is 1. The molecule has 1 N–H and O–H groups in total. The fraction of sp³-hybridized carbons (Fsp3) is 0.333. The molecule has 0 aliphatic rings. The Balaban J connectivity index is 2.36. The lowest BCUT2D eigenvalue weighted by molar-refractivity contribution is 0.0369. The number of rotatable bonds is 3. The minimum Gasteiger partial charge on any atom is -0.389 e. The summed E-state index contributed by atoms with van der Waals surface area (Å²) in [5.74, 6) is -0.110. The summed E-state index contributed by atoms with van der Waals surface area (Å²) in [5, 5.41) is 10.6. The van der Waals surface area contributed by atoms with E-state index in [0.29, 0.717) is 5.56 Å². The smallest absolute Gasteiger partial charge is 0.254 e. The molecule has 0 atom stereocenters. The second-order valence-electron chi connectivity index (χ2n) is 5.35. The summed E-state index contributed by atoms with van der Waals surface area (Å²) in [6.07, 6.45) is 1.63. The van der Waals surface area contributed by atoms with Crippen molar-refractivity contribution in [2.45, 2.75) is 19.4 Å². The van der Waals surface area contributed by atoms with Crippen molar-refractivity contribution >= 4 is 16.8 Å². The predicted octanol–water partition coefficient (Wildman–Crippen LogP) is 2.08. The molecule has 1 heterocycles. The standard InChI is InChI=1S/C15H18N2O2/c1-15(2,19)10-17(3)14(18)12-8-9-16-13-7-5-4-6-11(12)13/h4-9,19H,10H2,1-3H3. The van der Waals surface area contributed by atoms with Gasteiger partial charge < -0.3 is 10.0 Å². The van der Waals surface area contributed by atoms with Gasteiger partial charge in [-0.3, -0.25) is 9.78 Å². The quantitative estimate of drug-likeness (QED) is 0.917. The van der Waals surface area contributed by atoms with Crippen LogP contribution in [-0.2, 0) is 0 Å². The van der Waals surface area contributed by atoms with Crippen molar-refractivity contribution in [2.75, 3.05) is 13.6 Å². The van der Waals surface area contributed by atoms with Crippen molar-refractivity contribution in [1.29, 1.82) is 0 Å². The molecule has 0 aliphatic carbocycles. The lowest BCUT2D eigenvalue weighted by Gasteiger charge is -2.25. The number of carbonyl (C=O) groups is 1. The van der Waals surface area contributed by atoms with Gasteiger partial charge in [0.2, 0.25) is 0 Å². The molecule has 1 amide bonds. The Kier molecular flexibility index (Phi) is 3.53. The van der Waals surface area contributed by atoms with Crippen molar-refractivity contribution in [3.63, 3.8) is 0 Å². The number of amides is 1. The zero-order chi connectivity index (χ0) is 14.0. The highest BCUT2D eigenvalue weighted by Crippen LogP contribution is 2.18. The zero-order valence-corrected chi connectivity index (χ0v) is 11.4. The Labute approximate surface area is 112 Å². The van der Waals surface area contributed by atoms with Crippen molar-refractivity contribution < 1.29 is 9.90 Å². The maximum Gasteiger partial charge on any atom is 0.254 e. The van der Waals surface area contributed by atoms with E-state index in [1.54, 1.807) is 33.2 Å². The van der Waals surface area contributed by atoms with E-state index in [0.717, 1.165) is 10.9 Å². The van der Waals surface area contributed by atoms with E-state index < -0.39 is 5.60 Å². The van der Waals surface area contributed by atoms with Crippen LogP contribution in [0.4, 0.5) is 0 Å². The normalized spacial score (nSPS) is 11.6. The third kappa shape index (κ3) is 3.09. The van der Waals surface area contributed by atoms with Crippen LogP contribution in [-0.4, -0.2) is 40.1 Å². The number of fused-ring (bicyclic) bond motifs is 1. The third-order valence-electron chi connectivity index (χ3n) is 2.85. The van der Waals surface area contributed by atoms with Gasteiger partial charge in [-0.15, -0.1) is 0 Å². The molecule has 0 radical (unpaired) electrons. The second kappa shape index (κ2) is 4.97. The lowest BCUT2D eigenvalue weighted by Crippen LogP contribution is -2.39. The minimum absolute atomic E-state index is 0.110. The van der Waals surface area contributed by atoms with Crippen LogP contribution in [0.15, 0.2) is 36.5 Å². The average molecular weight is 258 g/mol. The summed E-state index contributed by atoms with van der Waals surface area (Å²) in [6, 6.07) is 9.25. The number of nitrogens with zero attached hydrogens (tertiary/aromatic N) is 2. The van der Waals surface area contributed by atoms with Gasteiger partial charge in [0.25, 0.3) is 5.91 Å². The number of hydrogen-bond acceptors (Lipinski definition) is 3. The molecule has 19 heavy (non-hydrogen) atoms. The first-order chi connectivity index (χ1) is 8.88. The van der Waals surface area contributed by atoms with E-state index in [1.165, 1.54) is 4.90 Å². The van der Waals surface area contributed by atoms with Crippen molar-refractivity contribution in [3.8, 4) is 0 Å². The number of pyridine rings is 1. The Morgan fingerprint density at radius 1 is 1.32 bits per heavy atom. The van der Waals surface area contributed by atoms with Crippen LogP contribution in [0.2, 0.25) is 0 Å². The van der Waals surface area contributed by atoms with E-state index >= 15 is 0 Å². The van der Waals surface area contributed by atoms with E-state index in [2.05, 4.69) is 4.98 Å². The molecule has 0 aliphatic heterocycles. The molecule has 2 rings (SSSR count). The number of likely N-dealkylation sites (N-methyl/N-ethyl adjacent to an activating group) is 1. The number of hydrogen-bond donors (Lipinski definition) is 1. The van der Waals surface area contributed by atoms with Crippen molar-refractivity contribution in [1.82, 2.24) is 9.88 Å². The van der Waals surface area contributed by atoms with Gasteiger partial charge in [-0.1, -0.05) is 18.2 Å². The van der Waals surface area contributed by atoms with E-state index in [9.17, 15) is 9.90 Å². The molecule has 0 saturated carbocycles. The minimum atomic E-state index is -0.909. The molecule has 2 aromatic rings. The van der Waals surface area contributed by atoms with E-state index in [1.807, 2.05) is 24.3 Å². The summed E-state index contributed by atoms with van der Waals surface area (Å²) < 4.78 is 0. The summed E-state index contributed by atoms with van der Waals surface area (Å²) in [4.78, 5) is 18.2. The van der Waals surface area contributed by atoms with Crippen LogP contribution >= 0.6 is 0 Å². The molecule has 4 heteroatoms. The first kappa shape index (κ1) is 13.5. The lowest BCUT2D eigenvalue weighted by atomic mass is 10.1. The summed E-state index contributed by atoms with van der Waals surface area (Å²) in [7, 11) is 1.69. The largest absolute Gasteiger partial charge is 0.389 e. The maximum atomic E-state index is 12.4. The summed E-state index contributed by atoms with van der Waals surface area (Å²) >= 11 is 0. The monoisotopic (exact) mass is 258 g/mol. The average Bonchev–Trinajstić information content (AvgIpc) is 2.35. The molecule has 0 saturated heterocycles. The van der Waals surface area contributed by atoms with Gasteiger partial charge in [-0.25, -0.2) is 0 Å². The molecule has 1 aromatic heterocycles. The van der Waals surface area contributed by atoms with Gasteiger partial charge in [0.15, 0.2) is 0 Å². The highest BCUT2D eigenvalue weighted by Gasteiger charge is 2.21. The van der Waals surface area contributed by atoms with Crippen LogP contribution in [0.1, 0.15) is 24.2 Å². The first-order valence-corrected chi connectivity index (χ1v) is 6.20. The van der Waals surface area contributed by atoms with Crippen molar-refractivity contribution in [2.24, 2.45) is 0 Å². The Morgan fingerprint density at radius 3 is 2.68 bits per heavy atom. The van der Waals surface area contributed by atoms with Gasteiger partial charge in [0, 0.05) is 25.2 Å². The second-order valence-corrected chi connectivity index (χ2v) is 5.35. The Morgan fingerprint density at radius 2 is 2.00 bits per heavy atom. The molecule has 0 bridgehead atoms. The Bertz CT molecular complexity index is 597. The molecule has 4 nitrogen and oxygen atoms in total. The fourth-order valence-electron chi connectivity index (χ4n) is 2.14. The van der Waals surface area contributed by atoms with Crippen LogP contribution in [0.5, 0.6) is 0 Å². The molecule has 0 spiro atoms. The fourth-order valence-corrected chi connectivity index (χ4v) is 2.14. The molecule has 0 fully saturated rings. The van der Waals surface area contributed by atoms with Gasteiger partial charge >= 0.3 is 0 Å². The number of para-hydroxylation sites is 1. The van der Waals surface area contributed by atoms with Gasteiger partial charge in [0.05, 0.1) is 16.7 Å². The SMILES string of the molecule is CN(CC(C)(C)O)C(=O)c1ccnc2ccccc12. The molecular formula is C15H18N2O2. The zero-order valence-electron chi connectivity index (χ0n) is 11.4. The number of benzene rings is 1. The van der Waals surface area contributed by atoms with Crippen molar-refractivity contribution in [3.05, 3.63) is 42.1 Å². The maximum absolute atomic E-state index is 12.4. The van der Waals surface area contributed by atoms with Crippen LogP contribution in [0, 0.1) is 0 Å². The predicted molar refractivity (Wildman–Crippen MR) is 75.0 cm³/mol. The Hall–Kier alpha value is -1.94. The summed E-state index contributed by atoms with van der Waals surface area (Å²) in [5.41, 5.74) is 0.495. The molecule has 100 valence electrons. The van der Waals surface area contributed by atoms with E-state index in [-0.39, 0.29) is 12.5 Å². The summed E-state index contributed by atoms with van der Waals surface area (Å²) in [6.45, 7) is 3.64. The highest BCUT2D eigenvalue weighted by atomic mass is 16.3. The van der Waals surface area contributed by atoms with Gasteiger partial charge in [0.1, 0.15) is 0 Å².